The molecule has 3 aromatic carbocycles. The number of nitriles is 1. The average molecular weight is 413 g/mol. The molecule has 0 aliphatic rings. The van der Waals surface area contributed by atoms with Gasteiger partial charge in [0.1, 0.15) is 0 Å². The molecule has 0 aliphatic heterocycles. The molecule has 1 heterocycles. The molecule has 0 fully saturated rings. The zero-order valence-corrected chi connectivity index (χ0v) is 16.7. The first kappa shape index (κ1) is 19.4. The number of rotatable bonds is 5. The number of benzene rings is 3. The highest BCUT2D eigenvalue weighted by atomic mass is 35.5. The minimum atomic E-state index is -0.286. The van der Waals surface area contributed by atoms with Gasteiger partial charge in [0.2, 0.25) is 0 Å². The van der Waals surface area contributed by atoms with Crippen molar-refractivity contribution in [3.05, 3.63) is 106 Å². The number of fused-ring (bicyclic) bond motifs is 1. The van der Waals surface area contributed by atoms with Crippen molar-refractivity contribution in [3.8, 4) is 6.07 Å². The van der Waals surface area contributed by atoms with E-state index in [4.69, 9.17) is 16.9 Å². The third-order valence-corrected chi connectivity index (χ3v) is 4.97. The molecule has 146 valence electrons. The maximum Gasteiger partial charge on any atom is 0.273 e. The Morgan fingerprint density at radius 3 is 2.53 bits per heavy atom. The molecule has 0 saturated heterocycles. The molecule has 30 heavy (non-hydrogen) atoms. The van der Waals surface area contributed by atoms with Crippen LogP contribution in [0.25, 0.3) is 10.9 Å². The minimum absolute atomic E-state index is 0.286. The van der Waals surface area contributed by atoms with Crippen LogP contribution in [0.15, 0.2) is 84.1 Å². The second-order valence-electron chi connectivity index (χ2n) is 6.75. The summed E-state index contributed by atoms with van der Waals surface area (Å²) in [5, 5.41) is 14.5. The molecule has 0 spiro atoms. The fourth-order valence-electron chi connectivity index (χ4n) is 3.21. The van der Waals surface area contributed by atoms with Crippen LogP contribution in [-0.2, 0) is 6.54 Å². The van der Waals surface area contributed by atoms with Crippen LogP contribution >= 0.6 is 11.6 Å². The third-order valence-electron chi connectivity index (χ3n) is 4.72. The Morgan fingerprint density at radius 1 is 1.07 bits per heavy atom. The largest absolute Gasteiger partial charge is 0.342 e. The standard InChI is InChI=1S/C24H17ClN4O/c25-20-11-9-19(10-12-20)15-29-16-22(21-3-1-2-4-23(21)29)24(30)28-27-14-18-7-5-17(13-26)6-8-18/h1-12,14,16H,15H2,(H,28,30)/b27-14+. The molecule has 0 bridgehead atoms. The summed E-state index contributed by atoms with van der Waals surface area (Å²) in [7, 11) is 0. The Kier molecular flexibility index (Phi) is 5.60. The number of para-hydroxylation sites is 1. The molecule has 0 unspecified atom stereocenters. The van der Waals surface area contributed by atoms with Gasteiger partial charge in [-0.3, -0.25) is 4.79 Å². The van der Waals surface area contributed by atoms with Gasteiger partial charge in [-0.05, 0) is 41.5 Å². The fourth-order valence-corrected chi connectivity index (χ4v) is 3.34. The monoisotopic (exact) mass is 412 g/mol. The summed E-state index contributed by atoms with van der Waals surface area (Å²) in [6, 6.07) is 24.4. The van der Waals surface area contributed by atoms with Gasteiger partial charge in [0.25, 0.3) is 5.91 Å². The van der Waals surface area contributed by atoms with E-state index in [1.54, 1.807) is 30.5 Å². The summed E-state index contributed by atoms with van der Waals surface area (Å²) in [6.45, 7) is 0.624. The van der Waals surface area contributed by atoms with Gasteiger partial charge < -0.3 is 4.57 Å². The summed E-state index contributed by atoms with van der Waals surface area (Å²) < 4.78 is 2.04. The van der Waals surface area contributed by atoms with Gasteiger partial charge in [-0.25, -0.2) is 5.43 Å². The van der Waals surface area contributed by atoms with Gasteiger partial charge in [-0.15, -0.1) is 0 Å². The van der Waals surface area contributed by atoms with Gasteiger partial charge >= 0.3 is 0 Å². The highest BCUT2D eigenvalue weighted by molar-refractivity contribution is 6.30. The van der Waals surface area contributed by atoms with Crippen LogP contribution in [0.1, 0.15) is 27.0 Å². The van der Waals surface area contributed by atoms with E-state index in [0.29, 0.717) is 22.7 Å². The molecule has 0 saturated carbocycles. The smallest absolute Gasteiger partial charge is 0.273 e. The van der Waals surface area contributed by atoms with Crippen LogP contribution in [0.4, 0.5) is 0 Å². The van der Waals surface area contributed by atoms with Gasteiger partial charge in [-0.2, -0.15) is 10.4 Å². The van der Waals surface area contributed by atoms with Crippen LogP contribution in [0.3, 0.4) is 0 Å². The molecule has 0 radical (unpaired) electrons. The molecule has 5 nitrogen and oxygen atoms in total. The van der Waals surface area contributed by atoms with E-state index in [1.807, 2.05) is 59.3 Å². The molecule has 4 aromatic rings. The first-order chi connectivity index (χ1) is 14.6. The summed E-state index contributed by atoms with van der Waals surface area (Å²) in [5.74, 6) is -0.286. The summed E-state index contributed by atoms with van der Waals surface area (Å²) in [4.78, 5) is 12.8. The summed E-state index contributed by atoms with van der Waals surface area (Å²) in [5.41, 5.74) is 6.56. The number of carbonyl (C=O) groups is 1. The third kappa shape index (κ3) is 4.24. The van der Waals surface area contributed by atoms with Crippen molar-refractivity contribution >= 4 is 34.6 Å². The van der Waals surface area contributed by atoms with Crippen molar-refractivity contribution in [2.45, 2.75) is 6.54 Å². The molecule has 1 N–H and O–H groups in total. The lowest BCUT2D eigenvalue weighted by Crippen LogP contribution is -2.17. The normalized spacial score (nSPS) is 10.9. The Morgan fingerprint density at radius 2 is 1.80 bits per heavy atom. The molecule has 0 aliphatic carbocycles. The van der Waals surface area contributed by atoms with Crippen molar-refractivity contribution in [1.29, 1.82) is 5.26 Å². The number of halogens is 1. The molecule has 4 rings (SSSR count). The number of carbonyl (C=O) groups excluding carboxylic acids is 1. The van der Waals surface area contributed by atoms with E-state index in [-0.39, 0.29) is 5.91 Å². The lowest BCUT2D eigenvalue weighted by Gasteiger charge is -2.05. The highest BCUT2D eigenvalue weighted by Gasteiger charge is 2.14. The lowest BCUT2D eigenvalue weighted by atomic mass is 10.1. The lowest BCUT2D eigenvalue weighted by molar-refractivity contribution is 0.0956. The van der Waals surface area contributed by atoms with Crippen molar-refractivity contribution < 1.29 is 4.79 Å². The Bertz CT molecular complexity index is 1270. The molecule has 1 amide bonds. The van der Waals surface area contributed by atoms with E-state index in [9.17, 15) is 4.79 Å². The number of aromatic nitrogens is 1. The first-order valence-corrected chi connectivity index (χ1v) is 9.68. The van der Waals surface area contributed by atoms with E-state index in [2.05, 4.69) is 16.6 Å². The average Bonchev–Trinajstić information content (AvgIpc) is 3.14. The van der Waals surface area contributed by atoms with Gasteiger partial charge in [-0.1, -0.05) is 54.1 Å². The van der Waals surface area contributed by atoms with Crippen molar-refractivity contribution in [2.75, 3.05) is 0 Å². The summed E-state index contributed by atoms with van der Waals surface area (Å²) in [6.07, 6.45) is 3.39. The van der Waals surface area contributed by atoms with E-state index in [1.165, 1.54) is 0 Å². The molecule has 0 atom stereocenters. The van der Waals surface area contributed by atoms with Crippen LogP contribution in [-0.4, -0.2) is 16.7 Å². The maximum absolute atomic E-state index is 12.8. The second-order valence-corrected chi connectivity index (χ2v) is 7.18. The van der Waals surface area contributed by atoms with E-state index in [0.717, 1.165) is 22.0 Å². The van der Waals surface area contributed by atoms with Crippen LogP contribution in [0, 0.1) is 11.3 Å². The quantitative estimate of drug-likeness (QED) is 0.371. The Balaban J connectivity index is 1.55. The first-order valence-electron chi connectivity index (χ1n) is 9.30. The predicted octanol–water partition coefficient (Wildman–Crippen LogP) is 4.98. The Hall–Kier alpha value is -3.88. The number of hydrazone groups is 1. The zero-order valence-electron chi connectivity index (χ0n) is 15.9. The van der Waals surface area contributed by atoms with Gasteiger partial charge in [0.05, 0.1) is 23.4 Å². The van der Waals surface area contributed by atoms with Gasteiger partial charge in [0, 0.05) is 28.7 Å². The molecule has 1 aromatic heterocycles. The van der Waals surface area contributed by atoms with Gasteiger partial charge in [0.15, 0.2) is 0 Å². The fraction of sp³-hybridized carbons (Fsp3) is 0.0417. The number of nitrogens with one attached hydrogen (secondary N) is 1. The van der Waals surface area contributed by atoms with Crippen LogP contribution in [0.2, 0.25) is 5.02 Å². The maximum atomic E-state index is 12.8. The highest BCUT2D eigenvalue weighted by Crippen LogP contribution is 2.23. The number of amides is 1. The van der Waals surface area contributed by atoms with Crippen molar-refractivity contribution in [2.24, 2.45) is 5.10 Å². The number of hydrogen-bond donors (Lipinski definition) is 1. The molecule has 6 heteroatoms. The van der Waals surface area contributed by atoms with E-state index < -0.39 is 0 Å². The second kappa shape index (κ2) is 8.64. The Labute approximate surface area is 178 Å². The number of hydrogen-bond acceptors (Lipinski definition) is 3. The SMILES string of the molecule is N#Cc1ccc(/C=N/NC(=O)c2cn(Cc3ccc(Cl)cc3)c3ccccc23)cc1. The number of nitrogens with zero attached hydrogens (tertiary/aromatic N) is 3. The molecular formula is C24H17ClN4O. The topological polar surface area (TPSA) is 70.2 Å². The van der Waals surface area contributed by atoms with E-state index >= 15 is 0 Å². The molecular weight excluding hydrogens is 396 g/mol. The van der Waals surface area contributed by atoms with Crippen LogP contribution < -0.4 is 5.43 Å². The van der Waals surface area contributed by atoms with Crippen molar-refractivity contribution in [1.82, 2.24) is 9.99 Å². The minimum Gasteiger partial charge on any atom is -0.342 e. The van der Waals surface area contributed by atoms with Crippen LogP contribution in [0.5, 0.6) is 0 Å². The zero-order chi connectivity index (χ0) is 20.9. The van der Waals surface area contributed by atoms with Crippen molar-refractivity contribution in [3.63, 3.8) is 0 Å². The predicted molar refractivity (Wildman–Crippen MR) is 119 cm³/mol. The summed E-state index contributed by atoms with van der Waals surface area (Å²) >= 11 is 5.98.